The second kappa shape index (κ2) is 4.55. The number of fused-ring (bicyclic) bond motifs is 1. The Balaban J connectivity index is 1.85. The molecule has 1 aromatic carbocycles. The lowest BCUT2D eigenvalue weighted by Gasteiger charge is -2.04. The van der Waals surface area contributed by atoms with Crippen LogP contribution in [0.15, 0.2) is 23.3 Å². The first-order valence-electron chi connectivity index (χ1n) is 6.31. The second-order valence-corrected chi connectivity index (χ2v) is 5.07. The van der Waals surface area contributed by atoms with Gasteiger partial charge in [0, 0.05) is 17.7 Å². The molecule has 0 spiro atoms. The standard InChI is InChI=1S/C12H12N4O4/c17-15(18)8-2-4-11(12(6-8)16(19)20)14-13-10-3-1-7-5-9(7)10/h2,4,6-7,9,14H,1,3,5H2/b13-10+/t7-,9-/m0/s1. The van der Waals surface area contributed by atoms with Gasteiger partial charge in [-0.15, -0.1) is 0 Å². The third-order valence-electron chi connectivity index (χ3n) is 3.83. The van der Waals surface area contributed by atoms with E-state index in [1.165, 1.54) is 12.1 Å². The summed E-state index contributed by atoms with van der Waals surface area (Å²) >= 11 is 0. The highest BCUT2D eigenvalue weighted by molar-refractivity contribution is 5.92. The molecule has 2 aliphatic rings. The largest absolute Gasteiger partial charge is 0.301 e. The van der Waals surface area contributed by atoms with Gasteiger partial charge >= 0.3 is 5.69 Å². The number of nitrogens with zero attached hydrogens (tertiary/aromatic N) is 3. The number of non-ortho nitro benzene ring substituents is 1. The summed E-state index contributed by atoms with van der Waals surface area (Å²) in [6, 6.07) is 3.49. The van der Waals surface area contributed by atoms with Crippen molar-refractivity contribution in [2.24, 2.45) is 16.9 Å². The summed E-state index contributed by atoms with van der Waals surface area (Å²) in [7, 11) is 0. The zero-order valence-electron chi connectivity index (χ0n) is 10.5. The van der Waals surface area contributed by atoms with E-state index in [2.05, 4.69) is 10.5 Å². The fourth-order valence-electron chi connectivity index (χ4n) is 2.64. The van der Waals surface area contributed by atoms with Crippen LogP contribution in [0, 0.1) is 32.1 Å². The molecule has 0 heterocycles. The predicted molar refractivity (Wildman–Crippen MR) is 71.6 cm³/mol. The quantitative estimate of drug-likeness (QED) is 0.671. The molecule has 0 amide bonds. The highest BCUT2D eigenvalue weighted by Crippen LogP contribution is 2.50. The van der Waals surface area contributed by atoms with Crippen molar-refractivity contribution in [2.45, 2.75) is 19.3 Å². The predicted octanol–water partition coefficient (Wildman–Crippen LogP) is 2.70. The van der Waals surface area contributed by atoms with Gasteiger partial charge in [-0.3, -0.25) is 25.7 Å². The number of anilines is 1. The van der Waals surface area contributed by atoms with E-state index < -0.39 is 9.85 Å². The summed E-state index contributed by atoms with van der Waals surface area (Å²) in [4.78, 5) is 20.3. The molecule has 104 valence electrons. The lowest BCUT2D eigenvalue weighted by atomic mass is 10.2. The van der Waals surface area contributed by atoms with Crippen molar-refractivity contribution in [3.63, 3.8) is 0 Å². The first kappa shape index (κ1) is 12.5. The van der Waals surface area contributed by atoms with Crippen molar-refractivity contribution in [2.75, 3.05) is 5.43 Å². The zero-order valence-corrected chi connectivity index (χ0v) is 10.5. The molecule has 0 aliphatic heterocycles. The summed E-state index contributed by atoms with van der Waals surface area (Å²) in [5.41, 5.74) is 3.26. The minimum absolute atomic E-state index is 0.178. The van der Waals surface area contributed by atoms with E-state index in [0.717, 1.165) is 37.0 Å². The molecule has 1 aromatic rings. The number of nitro benzene ring substituents is 2. The Kier molecular flexibility index (Phi) is 2.85. The molecule has 2 fully saturated rings. The van der Waals surface area contributed by atoms with Gasteiger partial charge in [-0.2, -0.15) is 5.10 Å². The fraction of sp³-hybridized carbons (Fsp3) is 0.417. The first-order chi connectivity index (χ1) is 9.56. The van der Waals surface area contributed by atoms with Crippen LogP contribution in [0.25, 0.3) is 0 Å². The Bertz CT molecular complexity index is 628. The van der Waals surface area contributed by atoms with Crippen LogP contribution >= 0.6 is 0 Å². The van der Waals surface area contributed by atoms with Crippen molar-refractivity contribution in [1.82, 2.24) is 0 Å². The van der Waals surface area contributed by atoms with Crippen molar-refractivity contribution in [3.8, 4) is 0 Å². The smallest absolute Gasteiger partial charge is 0.272 e. The van der Waals surface area contributed by atoms with Crippen LogP contribution in [0.2, 0.25) is 0 Å². The number of hydrogen-bond donors (Lipinski definition) is 1. The highest BCUT2D eigenvalue weighted by atomic mass is 16.6. The minimum Gasteiger partial charge on any atom is -0.272 e. The maximum Gasteiger partial charge on any atom is 0.301 e. The fourth-order valence-corrected chi connectivity index (χ4v) is 2.64. The van der Waals surface area contributed by atoms with E-state index in [1.807, 2.05) is 0 Å². The average Bonchev–Trinajstić information content (AvgIpc) is 3.09. The van der Waals surface area contributed by atoms with E-state index in [1.54, 1.807) is 0 Å². The number of benzene rings is 1. The molecule has 0 bridgehead atoms. The van der Waals surface area contributed by atoms with Gasteiger partial charge in [-0.05, 0) is 31.2 Å². The molecular formula is C12H12N4O4. The molecular weight excluding hydrogens is 264 g/mol. The van der Waals surface area contributed by atoms with Crippen LogP contribution in [-0.2, 0) is 0 Å². The van der Waals surface area contributed by atoms with Crippen molar-refractivity contribution in [3.05, 3.63) is 38.4 Å². The number of hydrazone groups is 1. The van der Waals surface area contributed by atoms with E-state index in [4.69, 9.17) is 0 Å². The molecule has 8 nitrogen and oxygen atoms in total. The van der Waals surface area contributed by atoms with Crippen molar-refractivity contribution in [1.29, 1.82) is 0 Å². The van der Waals surface area contributed by atoms with E-state index in [-0.39, 0.29) is 17.1 Å². The normalized spacial score (nSPS) is 25.3. The molecule has 1 N–H and O–H groups in total. The Morgan fingerprint density at radius 1 is 1.25 bits per heavy atom. The van der Waals surface area contributed by atoms with Crippen LogP contribution < -0.4 is 5.43 Å². The number of hydrogen-bond acceptors (Lipinski definition) is 6. The minimum atomic E-state index is -0.658. The van der Waals surface area contributed by atoms with Crippen molar-refractivity contribution < 1.29 is 9.85 Å². The topological polar surface area (TPSA) is 111 Å². The van der Waals surface area contributed by atoms with Gasteiger partial charge in [-0.25, -0.2) is 0 Å². The molecule has 3 rings (SSSR count). The molecule has 0 unspecified atom stereocenters. The van der Waals surface area contributed by atoms with Gasteiger partial charge in [0.1, 0.15) is 5.69 Å². The van der Waals surface area contributed by atoms with E-state index in [0.29, 0.717) is 5.92 Å². The summed E-state index contributed by atoms with van der Waals surface area (Å²) in [6.07, 6.45) is 3.21. The second-order valence-electron chi connectivity index (χ2n) is 5.07. The molecule has 2 saturated carbocycles. The van der Waals surface area contributed by atoms with Gasteiger partial charge in [0.25, 0.3) is 5.69 Å². The molecule has 0 radical (unpaired) electrons. The SMILES string of the molecule is O=[N+]([O-])c1ccc(N/N=C2\CC[C@H]3C[C@H]23)c([N+](=O)[O-])c1. The van der Waals surface area contributed by atoms with E-state index >= 15 is 0 Å². The average molecular weight is 276 g/mol. The monoisotopic (exact) mass is 276 g/mol. The highest BCUT2D eigenvalue weighted by Gasteiger charge is 2.45. The van der Waals surface area contributed by atoms with Crippen LogP contribution in [0.5, 0.6) is 0 Å². The summed E-state index contributed by atoms with van der Waals surface area (Å²) in [5, 5.41) is 25.8. The molecule has 2 aliphatic carbocycles. The summed E-state index contributed by atoms with van der Waals surface area (Å²) in [5.74, 6) is 1.27. The van der Waals surface area contributed by atoms with E-state index in [9.17, 15) is 20.2 Å². The van der Waals surface area contributed by atoms with Gasteiger partial charge in [0.05, 0.1) is 15.9 Å². The molecule has 0 saturated heterocycles. The van der Waals surface area contributed by atoms with Crippen molar-refractivity contribution >= 4 is 22.8 Å². The Morgan fingerprint density at radius 2 is 2.05 bits per heavy atom. The number of nitro groups is 2. The van der Waals surface area contributed by atoms with Crippen LogP contribution in [0.3, 0.4) is 0 Å². The van der Waals surface area contributed by atoms with Gasteiger partial charge in [0.15, 0.2) is 0 Å². The van der Waals surface area contributed by atoms with Gasteiger partial charge in [0.2, 0.25) is 0 Å². The summed E-state index contributed by atoms with van der Waals surface area (Å²) in [6.45, 7) is 0. The lowest BCUT2D eigenvalue weighted by Crippen LogP contribution is -2.03. The molecule has 0 aromatic heterocycles. The Morgan fingerprint density at radius 3 is 2.60 bits per heavy atom. The lowest BCUT2D eigenvalue weighted by molar-refractivity contribution is -0.393. The molecule has 2 atom stereocenters. The van der Waals surface area contributed by atoms with Crippen LogP contribution in [-0.4, -0.2) is 15.6 Å². The maximum atomic E-state index is 11.0. The Hall–Kier alpha value is -2.51. The van der Waals surface area contributed by atoms with Gasteiger partial charge < -0.3 is 0 Å². The summed E-state index contributed by atoms with van der Waals surface area (Å²) < 4.78 is 0. The molecule has 20 heavy (non-hydrogen) atoms. The third-order valence-corrected chi connectivity index (χ3v) is 3.83. The maximum absolute atomic E-state index is 11.0. The van der Waals surface area contributed by atoms with Crippen LogP contribution in [0.1, 0.15) is 19.3 Å². The Labute approximate surface area is 113 Å². The van der Waals surface area contributed by atoms with Crippen LogP contribution in [0.4, 0.5) is 17.1 Å². The number of rotatable bonds is 4. The first-order valence-corrected chi connectivity index (χ1v) is 6.31. The van der Waals surface area contributed by atoms with Gasteiger partial charge in [-0.1, -0.05) is 0 Å². The zero-order chi connectivity index (χ0) is 14.3. The number of nitrogens with one attached hydrogen (secondary N) is 1. The molecule has 8 heteroatoms. The third kappa shape index (κ3) is 2.20.